The number of likely N-dealkylation sites (N-methyl/N-ethyl adjacent to an activating group) is 1. The highest BCUT2D eigenvalue weighted by molar-refractivity contribution is 6.08. The summed E-state index contributed by atoms with van der Waals surface area (Å²) in [6.45, 7) is 3.91. The van der Waals surface area contributed by atoms with Gasteiger partial charge in [-0.05, 0) is 76.2 Å². The second kappa shape index (κ2) is 9.33. The third-order valence-corrected chi connectivity index (χ3v) is 6.45. The van der Waals surface area contributed by atoms with Gasteiger partial charge in [-0.25, -0.2) is 0 Å². The number of hydrogen-bond donors (Lipinski definition) is 1. The van der Waals surface area contributed by atoms with Crippen molar-refractivity contribution in [3.63, 3.8) is 0 Å². The Hall–Kier alpha value is -2.50. The molecule has 2 aromatic heterocycles. The van der Waals surface area contributed by atoms with Gasteiger partial charge in [0, 0.05) is 30.0 Å². The zero-order valence-electron chi connectivity index (χ0n) is 18.7. The highest BCUT2D eigenvalue weighted by atomic mass is 35.5. The molecule has 1 aromatic carbocycles. The van der Waals surface area contributed by atoms with E-state index in [9.17, 15) is 4.79 Å². The van der Waals surface area contributed by atoms with Crippen LogP contribution in [0.2, 0.25) is 0 Å². The van der Waals surface area contributed by atoms with Crippen LogP contribution in [0.15, 0.2) is 48.9 Å². The van der Waals surface area contributed by atoms with E-state index in [0.29, 0.717) is 11.6 Å². The molecule has 1 fully saturated rings. The predicted molar refractivity (Wildman–Crippen MR) is 130 cm³/mol. The predicted octanol–water partition coefficient (Wildman–Crippen LogP) is 5.60. The first kappa shape index (κ1) is 23.2. The second-order valence-electron chi connectivity index (χ2n) is 8.84. The Morgan fingerprint density at radius 3 is 2.55 bits per heavy atom. The number of fused-ring (bicyclic) bond motifs is 1. The molecular formula is C25H31ClN4O. The molecular weight excluding hydrogens is 408 g/mol. The highest BCUT2D eigenvalue weighted by Crippen LogP contribution is 2.38. The molecule has 1 aliphatic rings. The van der Waals surface area contributed by atoms with E-state index in [1.165, 1.54) is 12.8 Å². The van der Waals surface area contributed by atoms with Crippen LogP contribution >= 0.6 is 12.4 Å². The van der Waals surface area contributed by atoms with E-state index in [1.807, 2.05) is 18.2 Å². The molecule has 0 spiro atoms. The van der Waals surface area contributed by atoms with Crippen molar-refractivity contribution in [3.8, 4) is 11.1 Å². The lowest BCUT2D eigenvalue weighted by Crippen LogP contribution is -2.55. The van der Waals surface area contributed by atoms with Crippen molar-refractivity contribution in [2.24, 2.45) is 0 Å². The van der Waals surface area contributed by atoms with Crippen molar-refractivity contribution in [2.45, 2.75) is 51.1 Å². The maximum atomic E-state index is 12.5. The first-order valence-corrected chi connectivity index (χ1v) is 10.7. The van der Waals surface area contributed by atoms with Crippen LogP contribution in [-0.4, -0.2) is 46.3 Å². The van der Waals surface area contributed by atoms with Crippen LogP contribution in [0.25, 0.3) is 22.0 Å². The number of nitrogens with zero attached hydrogens (tertiary/aromatic N) is 3. The number of anilines is 1. The number of nitrogens with one attached hydrogen (secondary N) is 1. The molecule has 1 aliphatic carbocycles. The fourth-order valence-electron chi connectivity index (χ4n) is 4.89. The quantitative estimate of drug-likeness (QED) is 0.525. The number of pyridine rings is 2. The number of Topliss-reactive ketones (excluding diaryl/α,β-unsaturated/α-hetero) is 1. The summed E-state index contributed by atoms with van der Waals surface area (Å²) < 4.78 is 0. The Bertz CT molecular complexity index is 1070. The zero-order valence-corrected chi connectivity index (χ0v) is 19.5. The van der Waals surface area contributed by atoms with Crippen molar-refractivity contribution < 1.29 is 4.79 Å². The van der Waals surface area contributed by atoms with Gasteiger partial charge in [0.25, 0.3) is 0 Å². The van der Waals surface area contributed by atoms with Crippen LogP contribution < -0.4 is 5.32 Å². The molecule has 1 saturated carbocycles. The summed E-state index contributed by atoms with van der Waals surface area (Å²) in [6, 6.07) is 10.7. The van der Waals surface area contributed by atoms with Crippen LogP contribution in [0.1, 0.15) is 49.9 Å². The molecule has 0 radical (unpaired) electrons. The van der Waals surface area contributed by atoms with Gasteiger partial charge in [0.05, 0.1) is 22.3 Å². The van der Waals surface area contributed by atoms with E-state index in [4.69, 9.17) is 0 Å². The van der Waals surface area contributed by atoms with Gasteiger partial charge in [-0.15, -0.1) is 12.4 Å². The Morgan fingerprint density at radius 2 is 1.87 bits per heavy atom. The normalized spacial score (nSPS) is 21.0. The van der Waals surface area contributed by atoms with E-state index in [0.717, 1.165) is 40.6 Å². The Kier molecular flexibility index (Phi) is 6.97. The zero-order chi connectivity index (χ0) is 21.3. The second-order valence-corrected chi connectivity index (χ2v) is 8.84. The number of benzene rings is 1. The highest BCUT2D eigenvalue weighted by Gasteiger charge is 2.38. The molecule has 0 aliphatic heterocycles. The Labute approximate surface area is 190 Å². The summed E-state index contributed by atoms with van der Waals surface area (Å²) in [7, 11) is 4.29. The minimum atomic E-state index is -0.118. The average Bonchev–Trinajstić information content (AvgIpc) is 2.74. The largest absolute Gasteiger partial charge is 0.377 e. The Morgan fingerprint density at radius 1 is 1.13 bits per heavy atom. The van der Waals surface area contributed by atoms with Crippen LogP contribution in [0, 0.1) is 0 Å². The van der Waals surface area contributed by atoms with Gasteiger partial charge in [0.15, 0.2) is 5.78 Å². The van der Waals surface area contributed by atoms with Gasteiger partial charge in [-0.1, -0.05) is 18.9 Å². The lowest BCUT2D eigenvalue weighted by atomic mass is 9.77. The first-order chi connectivity index (χ1) is 14.4. The molecule has 31 heavy (non-hydrogen) atoms. The fraction of sp³-hybridized carbons (Fsp3) is 0.400. The van der Waals surface area contributed by atoms with Gasteiger partial charge in [0.2, 0.25) is 0 Å². The number of carbonyl (C=O) groups is 1. The van der Waals surface area contributed by atoms with Crippen molar-refractivity contribution >= 4 is 34.8 Å². The SMILES string of the molecule is CC(=O)c1cnc2ccc(-c3ccncc3)cc2c1NC1(C)CCCCC1N(C)C.Cl. The van der Waals surface area contributed by atoms with Crippen LogP contribution in [0.5, 0.6) is 0 Å². The van der Waals surface area contributed by atoms with Crippen LogP contribution in [0.3, 0.4) is 0 Å². The summed E-state index contributed by atoms with van der Waals surface area (Å²) >= 11 is 0. The van der Waals surface area contributed by atoms with Crippen LogP contribution in [0.4, 0.5) is 5.69 Å². The molecule has 0 amide bonds. The molecule has 2 heterocycles. The smallest absolute Gasteiger partial charge is 0.163 e. The fourth-order valence-corrected chi connectivity index (χ4v) is 4.89. The van der Waals surface area contributed by atoms with E-state index >= 15 is 0 Å². The van der Waals surface area contributed by atoms with E-state index in [2.05, 4.69) is 53.3 Å². The van der Waals surface area contributed by atoms with Crippen molar-refractivity contribution in [1.29, 1.82) is 0 Å². The third-order valence-electron chi connectivity index (χ3n) is 6.45. The summed E-state index contributed by atoms with van der Waals surface area (Å²) in [6.07, 6.45) is 9.97. The number of carbonyl (C=O) groups excluding carboxylic acids is 1. The molecule has 2 unspecified atom stereocenters. The van der Waals surface area contributed by atoms with Gasteiger partial charge in [-0.2, -0.15) is 0 Å². The molecule has 0 saturated heterocycles. The number of ketones is 1. The monoisotopic (exact) mass is 438 g/mol. The van der Waals surface area contributed by atoms with Gasteiger partial charge >= 0.3 is 0 Å². The number of rotatable bonds is 5. The molecule has 164 valence electrons. The molecule has 1 N–H and O–H groups in total. The van der Waals surface area contributed by atoms with Gasteiger partial charge in [-0.3, -0.25) is 14.8 Å². The lowest BCUT2D eigenvalue weighted by Gasteiger charge is -2.46. The minimum absolute atomic E-state index is 0. The van der Waals surface area contributed by atoms with Crippen molar-refractivity contribution in [2.75, 3.05) is 19.4 Å². The van der Waals surface area contributed by atoms with Gasteiger partial charge in [0.1, 0.15) is 0 Å². The Balaban J connectivity index is 0.00000272. The van der Waals surface area contributed by atoms with E-state index in [1.54, 1.807) is 25.5 Å². The third kappa shape index (κ3) is 4.58. The standard InChI is InChI=1S/C25H30N4O.ClH/c1-17(30)21-16-27-22-9-8-19(18-10-13-26-14-11-18)15-20(22)24(21)28-25(2)12-6-5-7-23(25)29(3)4;/h8-11,13-16,23H,5-7,12H2,1-4H3,(H,27,28);1H. The van der Waals surface area contributed by atoms with Gasteiger partial charge < -0.3 is 10.2 Å². The molecule has 2 atom stereocenters. The summed E-state index contributed by atoms with van der Waals surface area (Å²) in [5, 5.41) is 4.83. The maximum Gasteiger partial charge on any atom is 0.163 e. The van der Waals surface area contributed by atoms with E-state index < -0.39 is 0 Å². The molecule has 6 heteroatoms. The lowest BCUT2D eigenvalue weighted by molar-refractivity contribution is 0.101. The van der Waals surface area contributed by atoms with Crippen molar-refractivity contribution in [1.82, 2.24) is 14.9 Å². The number of aromatic nitrogens is 2. The molecule has 4 rings (SSSR count). The topological polar surface area (TPSA) is 58.1 Å². The van der Waals surface area contributed by atoms with E-state index in [-0.39, 0.29) is 23.7 Å². The summed E-state index contributed by atoms with van der Waals surface area (Å²) in [5.74, 6) is 0.0297. The molecule has 5 nitrogen and oxygen atoms in total. The molecule has 3 aromatic rings. The van der Waals surface area contributed by atoms with Crippen LogP contribution in [-0.2, 0) is 0 Å². The summed E-state index contributed by atoms with van der Waals surface area (Å²) in [4.78, 5) is 23.5. The van der Waals surface area contributed by atoms with Crippen molar-refractivity contribution in [3.05, 3.63) is 54.5 Å². The first-order valence-electron chi connectivity index (χ1n) is 10.7. The summed E-state index contributed by atoms with van der Waals surface area (Å²) in [5.41, 5.74) is 4.52. The number of halogens is 1. The minimum Gasteiger partial charge on any atom is -0.377 e. The average molecular weight is 439 g/mol. The number of hydrogen-bond acceptors (Lipinski definition) is 5. The maximum absolute atomic E-state index is 12.5. The molecule has 0 bridgehead atoms.